The van der Waals surface area contributed by atoms with Crippen molar-refractivity contribution < 1.29 is 9.47 Å². The standard InChI is InChI=1S/C23H28N4O2.HI/c1-4-24-23(27-16-17-10-11-20(28-2)21(15-17)29-3)26-14-12-19-8-5-7-18-9-6-13-25-22(18)19;/h5-11,13,15H,4,12,14,16H2,1-3H3,(H2,24,26,27);1H. The molecule has 1 heterocycles. The topological polar surface area (TPSA) is 67.8 Å². The van der Waals surface area contributed by atoms with Crippen LogP contribution in [0.4, 0.5) is 0 Å². The van der Waals surface area contributed by atoms with Crippen LogP contribution in [0.25, 0.3) is 10.9 Å². The van der Waals surface area contributed by atoms with Crippen molar-refractivity contribution in [2.75, 3.05) is 27.3 Å². The molecule has 0 aliphatic rings. The fourth-order valence-electron chi connectivity index (χ4n) is 3.18. The van der Waals surface area contributed by atoms with E-state index in [4.69, 9.17) is 14.5 Å². The fraction of sp³-hybridized carbons (Fsp3) is 0.304. The number of nitrogens with zero attached hydrogens (tertiary/aromatic N) is 2. The number of para-hydroxylation sites is 1. The van der Waals surface area contributed by atoms with E-state index < -0.39 is 0 Å². The smallest absolute Gasteiger partial charge is 0.191 e. The Morgan fingerprint density at radius 3 is 2.57 bits per heavy atom. The van der Waals surface area contributed by atoms with Gasteiger partial charge in [0, 0.05) is 24.7 Å². The van der Waals surface area contributed by atoms with Gasteiger partial charge in [-0.3, -0.25) is 4.98 Å². The van der Waals surface area contributed by atoms with Crippen LogP contribution < -0.4 is 20.1 Å². The Bertz CT molecular complexity index is 973. The minimum atomic E-state index is 0. The zero-order valence-electron chi connectivity index (χ0n) is 17.6. The Labute approximate surface area is 195 Å². The number of halogens is 1. The zero-order chi connectivity index (χ0) is 20.5. The number of guanidine groups is 1. The third-order valence-electron chi connectivity index (χ3n) is 4.61. The van der Waals surface area contributed by atoms with Gasteiger partial charge in [0.2, 0.25) is 0 Å². The Morgan fingerprint density at radius 1 is 1.00 bits per heavy atom. The van der Waals surface area contributed by atoms with Crippen LogP contribution in [0.1, 0.15) is 18.1 Å². The van der Waals surface area contributed by atoms with Crippen LogP contribution in [-0.4, -0.2) is 38.3 Å². The van der Waals surface area contributed by atoms with Crippen LogP contribution in [-0.2, 0) is 13.0 Å². The maximum atomic E-state index is 5.37. The van der Waals surface area contributed by atoms with Crippen molar-refractivity contribution in [3.8, 4) is 11.5 Å². The Balaban J connectivity index is 0.00000320. The quantitative estimate of drug-likeness (QED) is 0.265. The molecule has 7 heteroatoms. The normalized spacial score (nSPS) is 11.0. The van der Waals surface area contributed by atoms with Crippen LogP contribution in [0, 0.1) is 0 Å². The fourth-order valence-corrected chi connectivity index (χ4v) is 3.18. The van der Waals surface area contributed by atoms with E-state index in [-0.39, 0.29) is 24.0 Å². The van der Waals surface area contributed by atoms with Gasteiger partial charge in [-0.05, 0) is 42.7 Å². The van der Waals surface area contributed by atoms with E-state index in [1.165, 1.54) is 10.9 Å². The van der Waals surface area contributed by atoms with Gasteiger partial charge in [0.15, 0.2) is 17.5 Å². The molecule has 2 aromatic carbocycles. The number of benzene rings is 2. The van der Waals surface area contributed by atoms with Gasteiger partial charge in [0.05, 0.1) is 26.3 Å². The molecule has 0 saturated carbocycles. The van der Waals surface area contributed by atoms with Gasteiger partial charge in [-0.15, -0.1) is 24.0 Å². The van der Waals surface area contributed by atoms with Crippen molar-refractivity contribution in [3.05, 3.63) is 65.9 Å². The summed E-state index contributed by atoms with van der Waals surface area (Å²) in [4.78, 5) is 9.22. The third-order valence-corrected chi connectivity index (χ3v) is 4.61. The van der Waals surface area contributed by atoms with Gasteiger partial charge in [-0.1, -0.05) is 30.3 Å². The molecular formula is C23H29IN4O2. The van der Waals surface area contributed by atoms with Crippen molar-refractivity contribution in [3.63, 3.8) is 0 Å². The molecule has 0 amide bonds. The van der Waals surface area contributed by atoms with Gasteiger partial charge in [0.1, 0.15) is 0 Å². The number of nitrogens with one attached hydrogen (secondary N) is 2. The highest BCUT2D eigenvalue weighted by atomic mass is 127. The molecule has 0 spiro atoms. The second kappa shape index (κ2) is 12.2. The highest BCUT2D eigenvalue weighted by Gasteiger charge is 2.06. The number of pyridine rings is 1. The van der Waals surface area contributed by atoms with Crippen molar-refractivity contribution in [2.45, 2.75) is 19.9 Å². The molecule has 2 N–H and O–H groups in total. The predicted molar refractivity (Wildman–Crippen MR) is 133 cm³/mol. The summed E-state index contributed by atoms with van der Waals surface area (Å²) in [5.74, 6) is 2.21. The summed E-state index contributed by atoms with van der Waals surface area (Å²) in [5.41, 5.74) is 3.34. The second-order valence-corrected chi connectivity index (χ2v) is 6.55. The lowest BCUT2D eigenvalue weighted by Gasteiger charge is -2.13. The number of methoxy groups -OCH3 is 2. The van der Waals surface area contributed by atoms with E-state index in [1.54, 1.807) is 14.2 Å². The number of aliphatic imine (C=N–C) groups is 1. The van der Waals surface area contributed by atoms with E-state index in [2.05, 4.69) is 46.8 Å². The average Bonchev–Trinajstić information content (AvgIpc) is 2.77. The highest BCUT2D eigenvalue weighted by molar-refractivity contribution is 14.0. The van der Waals surface area contributed by atoms with Gasteiger partial charge in [-0.2, -0.15) is 0 Å². The lowest BCUT2D eigenvalue weighted by Crippen LogP contribution is -2.38. The molecule has 3 rings (SSSR count). The van der Waals surface area contributed by atoms with Gasteiger partial charge < -0.3 is 20.1 Å². The first-order chi connectivity index (χ1) is 14.2. The SMILES string of the molecule is CCNC(=NCc1ccc(OC)c(OC)c1)NCCc1cccc2cccnc12.I. The lowest BCUT2D eigenvalue weighted by molar-refractivity contribution is 0.354. The largest absolute Gasteiger partial charge is 0.493 e. The molecule has 30 heavy (non-hydrogen) atoms. The number of aromatic nitrogens is 1. The van der Waals surface area contributed by atoms with Crippen LogP contribution in [0.15, 0.2) is 59.7 Å². The molecule has 6 nitrogen and oxygen atoms in total. The van der Waals surface area contributed by atoms with E-state index in [0.717, 1.165) is 36.6 Å². The van der Waals surface area contributed by atoms with E-state index in [9.17, 15) is 0 Å². The molecule has 0 radical (unpaired) electrons. The summed E-state index contributed by atoms with van der Waals surface area (Å²) in [7, 11) is 3.27. The summed E-state index contributed by atoms with van der Waals surface area (Å²) in [6, 6.07) is 16.2. The van der Waals surface area contributed by atoms with Crippen LogP contribution >= 0.6 is 24.0 Å². The molecular weight excluding hydrogens is 491 g/mol. The predicted octanol–water partition coefficient (Wildman–Crippen LogP) is 4.17. The number of hydrogen-bond donors (Lipinski definition) is 2. The summed E-state index contributed by atoms with van der Waals surface area (Å²) in [6.45, 7) is 4.18. The first-order valence-electron chi connectivity index (χ1n) is 9.81. The van der Waals surface area contributed by atoms with Crippen molar-refractivity contribution in [1.29, 1.82) is 0 Å². The Morgan fingerprint density at radius 2 is 1.80 bits per heavy atom. The summed E-state index contributed by atoms with van der Waals surface area (Å²) >= 11 is 0. The van der Waals surface area contributed by atoms with Gasteiger partial charge in [-0.25, -0.2) is 4.99 Å². The molecule has 0 atom stereocenters. The minimum absolute atomic E-state index is 0. The maximum Gasteiger partial charge on any atom is 0.191 e. The molecule has 0 fully saturated rings. The summed E-state index contributed by atoms with van der Waals surface area (Å²) in [5, 5.41) is 7.87. The molecule has 0 aliphatic heterocycles. The zero-order valence-corrected chi connectivity index (χ0v) is 20.0. The molecule has 0 bridgehead atoms. The Kier molecular flexibility index (Phi) is 9.66. The molecule has 0 saturated heterocycles. The van der Waals surface area contributed by atoms with E-state index >= 15 is 0 Å². The minimum Gasteiger partial charge on any atom is -0.493 e. The molecule has 160 valence electrons. The second-order valence-electron chi connectivity index (χ2n) is 6.55. The van der Waals surface area contributed by atoms with E-state index in [0.29, 0.717) is 18.0 Å². The van der Waals surface area contributed by atoms with Crippen molar-refractivity contribution >= 4 is 40.8 Å². The summed E-state index contributed by atoms with van der Waals surface area (Å²) in [6.07, 6.45) is 2.71. The molecule has 0 aliphatic carbocycles. The number of fused-ring (bicyclic) bond motifs is 1. The monoisotopic (exact) mass is 520 g/mol. The first kappa shape index (κ1) is 23.7. The number of rotatable bonds is 8. The molecule has 0 unspecified atom stereocenters. The van der Waals surface area contributed by atoms with Crippen molar-refractivity contribution in [1.82, 2.24) is 15.6 Å². The third kappa shape index (κ3) is 6.22. The number of hydrogen-bond acceptors (Lipinski definition) is 4. The van der Waals surface area contributed by atoms with Crippen molar-refractivity contribution in [2.24, 2.45) is 4.99 Å². The highest BCUT2D eigenvalue weighted by Crippen LogP contribution is 2.27. The van der Waals surface area contributed by atoms with E-state index in [1.807, 2.05) is 30.5 Å². The van der Waals surface area contributed by atoms with Crippen LogP contribution in [0.3, 0.4) is 0 Å². The van der Waals surface area contributed by atoms with Crippen LogP contribution in [0.2, 0.25) is 0 Å². The molecule has 1 aromatic heterocycles. The Hall–Kier alpha value is -2.55. The average molecular weight is 520 g/mol. The summed E-state index contributed by atoms with van der Waals surface area (Å²) < 4.78 is 10.7. The van der Waals surface area contributed by atoms with Crippen LogP contribution in [0.5, 0.6) is 11.5 Å². The van der Waals surface area contributed by atoms with Gasteiger partial charge in [0.25, 0.3) is 0 Å². The molecule has 3 aromatic rings. The lowest BCUT2D eigenvalue weighted by atomic mass is 10.1. The van der Waals surface area contributed by atoms with Gasteiger partial charge >= 0.3 is 0 Å². The number of ether oxygens (including phenoxy) is 2. The first-order valence-corrected chi connectivity index (χ1v) is 9.81. The maximum absolute atomic E-state index is 5.37.